The Balaban J connectivity index is 0.000000340. The smallest absolute Gasteiger partial charge is 0.659 e. The molecule has 0 unspecified atom stereocenters. The Morgan fingerprint density at radius 1 is 0.273 bits per heavy atom. The molecule has 0 saturated carbocycles. The zero-order chi connectivity index (χ0) is 48.6. The third-order valence-corrected chi connectivity index (χ3v) is 11.8. The summed E-state index contributed by atoms with van der Waals surface area (Å²) >= 11 is 0. The fourth-order valence-electron chi connectivity index (χ4n) is 7.67. The summed E-state index contributed by atoms with van der Waals surface area (Å²) in [5.74, 6) is 0. The van der Waals surface area contributed by atoms with Gasteiger partial charge >= 0.3 is 34.1 Å². The SMILES string of the molecule is CC(C)(C)c1cc(C(C)(C)C)c(-c2cccc(-c3[n-]c(C(C)(C)C)cc3C(C)(C)C)n2)[n-]1.CC(C)(C)c1cc(C(C)(C)C)c(-c2cccc(-c3[n-]c(C(C)(C)C)cc3C(C)(C)C)n2)[n-]1.[Fe+2].[Fe+2]. The van der Waals surface area contributed by atoms with Gasteiger partial charge < -0.3 is 19.9 Å². The van der Waals surface area contributed by atoms with Gasteiger partial charge in [0.2, 0.25) is 0 Å². The Hall–Kier alpha value is -3.54. The summed E-state index contributed by atoms with van der Waals surface area (Å²) in [5.41, 5.74) is 17.0. The van der Waals surface area contributed by atoms with E-state index in [0.717, 1.165) is 68.3 Å². The van der Waals surface area contributed by atoms with Gasteiger partial charge in [0.15, 0.2) is 0 Å². The molecule has 0 aromatic carbocycles. The normalized spacial score (nSPS) is 13.2. The number of nitrogens with zero attached hydrogens (tertiary/aromatic N) is 6. The summed E-state index contributed by atoms with van der Waals surface area (Å²) in [7, 11) is 0. The minimum absolute atomic E-state index is 0. The minimum Gasteiger partial charge on any atom is -0.659 e. The molecule has 8 heteroatoms. The summed E-state index contributed by atoms with van der Waals surface area (Å²) in [6, 6.07) is 21.6. The number of pyridine rings is 2. The van der Waals surface area contributed by atoms with Crippen molar-refractivity contribution in [2.45, 2.75) is 209 Å². The second kappa shape index (κ2) is 19.1. The van der Waals surface area contributed by atoms with Gasteiger partial charge in [-0.1, -0.05) is 225 Å². The second-order valence-corrected chi connectivity index (χ2v) is 26.4. The van der Waals surface area contributed by atoms with Gasteiger partial charge in [-0.2, -0.15) is 22.8 Å². The van der Waals surface area contributed by atoms with Crippen LogP contribution in [0.3, 0.4) is 0 Å². The fraction of sp³-hybridized carbons (Fsp3) is 0.552. The van der Waals surface area contributed by atoms with E-state index < -0.39 is 0 Å². The van der Waals surface area contributed by atoms with Crippen molar-refractivity contribution < 1.29 is 34.1 Å². The first-order valence-electron chi connectivity index (χ1n) is 23.5. The first-order chi connectivity index (χ1) is 28.8. The average molecular weight is 975 g/mol. The van der Waals surface area contributed by atoms with Crippen LogP contribution < -0.4 is 19.9 Å². The summed E-state index contributed by atoms with van der Waals surface area (Å²) in [5, 5.41) is 0. The molecule has 0 fully saturated rings. The van der Waals surface area contributed by atoms with Crippen molar-refractivity contribution >= 4 is 0 Å². The molecule has 0 aliphatic heterocycles. The molecule has 6 aromatic heterocycles. The Morgan fingerprint density at radius 2 is 0.439 bits per heavy atom. The quantitative estimate of drug-likeness (QED) is 0.164. The third-order valence-electron chi connectivity index (χ3n) is 11.8. The molecular formula is C58H82Fe2N6. The number of hydrogen-bond donors (Lipinski definition) is 0. The van der Waals surface area contributed by atoms with Gasteiger partial charge in [-0.3, -0.25) is 9.97 Å². The Labute approximate surface area is 422 Å². The molecule has 66 heavy (non-hydrogen) atoms. The number of hydrogen-bond acceptors (Lipinski definition) is 2. The van der Waals surface area contributed by atoms with Gasteiger partial charge in [0.1, 0.15) is 0 Å². The van der Waals surface area contributed by atoms with Gasteiger partial charge in [0.05, 0.1) is 0 Å². The van der Waals surface area contributed by atoms with E-state index in [2.05, 4.69) is 227 Å². The van der Waals surface area contributed by atoms with E-state index in [0.29, 0.717) is 0 Å². The van der Waals surface area contributed by atoms with Crippen LogP contribution in [-0.4, -0.2) is 9.97 Å². The molecule has 0 saturated heterocycles. The van der Waals surface area contributed by atoms with Crippen molar-refractivity contribution in [1.29, 1.82) is 0 Å². The predicted octanol–water partition coefficient (Wildman–Crippen LogP) is 15.0. The van der Waals surface area contributed by atoms with E-state index in [1.807, 2.05) is 0 Å². The monoisotopic (exact) mass is 975 g/mol. The van der Waals surface area contributed by atoms with Gasteiger partial charge in [0.25, 0.3) is 0 Å². The van der Waals surface area contributed by atoms with Gasteiger partial charge in [-0.25, -0.2) is 0 Å². The van der Waals surface area contributed by atoms with E-state index in [9.17, 15) is 0 Å². The van der Waals surface area contributed by atoms with Crippen LogP contribution in [-0.2, 0) is 77.5 Å². The maximum atomic E-state index is 5.13. The topological polar surface area (TPSA) is 82.2 Å². The maximum absolute atomic E-state index is 5.13. The van der Waals surface area contributed by atoms with Crippen LogP contribution in [0.15, 0.2) is 60.7 Å². The summed E-state index contributed by atoms with van der Waals surface area (Å²) in [6.07, 6.45) is 0. The van der Waals surface area contributed by atoms with Crippen LogP contribution in [0.5, 0.6) is 0 Å². The van der Waals surface area contributed by atoms with Crippen LogP contribution in [0, 0.1) is 0 Å². The van der Waals surface area contributed by atoms with Crippen molar-refractivity contribution in [3.8, 4) is 45.6 Å². The van der Waals surface area contributed by atoms with Crippen LogP contribution in [0.25, 0.3) is 45.6 Å². The number of rotatable bonds is 4. The van der Waals surface area contributed by atoms with E-state index in [1.165, 1.54) is 22.3 Å². The van der Waals surface area contributed by atoms with E-state index in [4.69, 9.17) is 29.9 Å². The Kier molecular flexibility index (Phi) is 16.4. The van der Waals surface area contributed by atoms with Gasteiger partial charge in [-0.05, 0) is 67.6 Å². The standard InChI is InChI=1S/2C29H41N3.2Fe/c2*1-26(2,3)18-16-22(28(7,8)9)31-24(18)20-14-13-15-21(30-20)25-19(27(4,5)6)17-23(32-25)29(10,11)12;;/h2*13-17H,1-12H3;;/q2*-2;2*+2. The second-order valence-electron chi connectivity index (χ2n) is 26.4. The van der Waals surface area contributed by atoms with Crippen molar-refractivity contribution in [2.24, 2.45) is 0 Å². The average Bonchev–Trinajstić information content (AvgIpc) is 3.93. The molecule has 0 N–H and O–H groups in total. The van der Waals surface area contributed by atoms with Crippen LogP contribution >= 0.6 is 0 Å². The Bertz CT molecular complexity index is 2220. The van der Waals surface area contributed by atoms with Crippen LogP contribution in [0.2, 0.25) is 0 Å². The van der Waals surface area contributed by atoms with Crippen molar-refractivity contribution in [1.82, 2.24) is 29.9 Å². The first kappa shape index (κ1) is 56.8. The molecule has 0 aliphatic carbocycles. The minimum atomic E-state index is -0.0158. The fourth-order valence-corrected chi connectivity index (χ4v) is 7.67. The van der Waals surface area contributed by atoms with Crippen molar-refractivity contribution in [3.63, 3.8) is 0 Å². The first-order valence-corrected chi connectivity index (χ1v) is 23.5. The molecule has 0 spiro atoms. The number of aromatic nitrogens is 6. The molecule has 0 bridgehead atoms. The van der Waals surface area contributed by atoms with Gasteiger partial charge in [-0.15, -0.1) is 22.8 Å². The molecule has 0 aliphatic rings. The van der Waals surface area contributed by atoms with E-state index >= 15 is 0 Å². The summed E-state index contributed by atoms with van der Waals surface area (Å²) in [4.78, 5) is 30.6. The van der Waals surface area contributed by atoms with E-state index in [1.54, 1.807) is 0 Å². The van der Waals surface area contributed by atoms with Crippen molar-refractivity contribution in [3.05, 3.63) is 106 Å². The predicted molar refractivity (Wildman–Crippen MR) is 273 cm³/mol. The molecule has 6 rings (SSSR count). The molecule has 360 valence electrons. The van der Waals surface area contributed by atoms with Gasteiger partial charge in [0, 0.05) is 22.8 Å². The zero-order valence-corrected chi connectivity index (χ0v) is 47.4. The molecule has 6 aromatic rings. The molecule has 6 heterocycles. The maximum Gasteiger partial charge on any atom is 2.00 e. The third kappa shape index (κ3) is 13.0. The van der Waals surface area contributed by atoms with Crippen LogP contribution in [0.1, 0.15) is 211 Å². The summed E-state index contributed by atoms with van der Waals surface area (Å²) in [6.45, 7) is 53.5. The Morgan fingerprint density at radius 3 is 0.576 bits per heavy atom. The molecule has 0 radical (unpaired) electrons. The molecule has 6 nitrogen and oxygen atoms in total. The molecule has 0 amide bonds. The molecular weight excluding hydrogens is 892 g/mol. The molecule has 0 atom stereocenters. The largest absolute Gasteiger partial charge is 2.00 e. The van der Waals surface area contributed by atoms with Crippen molar-refractivity contribution in [2.75, 3.05) is 0 Å². The van der Waals surface area contributed by atoms with E-state index in [-0.39, 0.29) is 77.5 Å². The summed E-state index contributed by atoms with van der Waals surface area (Å²) < 4.78 is 0. The van der Waals surface area contributed by atoms with Crippen LogP contribution in [0.4, 0.5) is 0 Å². The zero-order valence-electron chi connectivity index (χ0n) is 45.2.